The summed E-state index contributed by atoms with van der Waals surface area (Å²) in [6.07, 6.45) is 0. The van der Waals surface area contributed by atoms with Gasteiger partial charge in [0.05, 0.1) is 22.6 Å². The zero-order valence-electron chi connectivity index (χ0n) is 9.68. The second kappa shape index (κ2) is 5.72. The molecule has 0 aliphatic rings. The topological polar surface area (TPSA) is 33.0 Å². The first-order valence-electron chi connectivity index (χ1n) is 5.25. The normalized spacial score (nSPS) is 11.6. The van der Waals surface area contributed by atoms with Gasteiger partial charge in [-0.1, -0.05) is 41.9 Å². The Morgan fingerprint density at radius 3 is 2.61 bits per heavy atom. The molecule has 0 radical (unpaired) electrons. The first-order valence-corrected chi connectivity index (χ1v) is 6.51. The molecular weight excluding hydrogens is 266 g/mol. The van der Waals surface area contributed by atoms with Crippen LogP contribution in [0.4, 0.5) is 0 Å². The number of nitrogens with zero attached hydrogens (tertiary/aromatic N) is 1. The average Bonchev–Trinajstić information content (AvgIpc) is 2.89. The third-order valence-corrected chi connectivity index (χ3v) is 3.85. The number of benzene rings is 1. The van der Waals surface area contributed by atoms with E-state index < -0.39 is 0 Å². The lowest BCUT2D eigenvalue weighted by molar-refractivity contribution is 0.416. The van der Waals surface area contributed by atoms with Crippen molar-refractivity contribution in [2.24, 2.45) is 0 Å². The molecule has 2 nitrogen and oxygen atoms in total. The highest BCUT2D eigenvalue weighted by Gasteiger charge is 2.14. The molecule has 0 spiro atoms. The number of methoxy groups -OCH3 is 1. The minimum absolute atomic E-state index is 0.426. The Labute approximate surface area is 115 Å². The van der Waals surface area contributed by atoms with Crippen LogP contribution in [0.3, 0.4) is 0 Å². The summed E-state index contributed by atoms with van der Waals surface area (Å²) in [7, 11) is 1.59. The van der Waals surface area contributed by atoms with E-state index in [0.29, 0.717) is 16.4 Å². The number of nitriles is 1. The Kier molecular flexibility index (Phi) is 4.03. The molecule has 2 aromatic rings. The van der Waals surface area contributed by atoms with Crippen LogP contribution in [0.2, 0.25) is 0 Å². The van der Waals surface area contributed by atoms with Crippen molar-refractivity contribution in [3.63, 3.8) is 0 Å². The number of rotatable bonds is 3. The van der Waals surface area contributed by atoms with Gasteiger partial charge in [0.15, 0.2) is 0 Å². The minimum Gasteiger partial charge on any atom is -0.495 e. The maximum atomic E-state index is 9.28. The van der Waals surface area contributed by atoms with Crippen molar-refractivity contribution >= 4 is 33.5 Å². The molecule has 0 fully saturated rings. The van der Waals surface area contributed by atoms with E-state index >= 15 is 0 Å². The summed E-state index contributed by atoms with van der Waals surface area (Å²) in [6.45, 7) is 0. The van der Waals surface area contributed by atoms with E-state index in [2.05, 4.69) is 6.07 Å². The van der Waals surface area contributed by atoms with Crippen LogP contribution in [0.15, 0.2) is 41.8 Å². The highest BCUT2D eigenvalue weighted by molar-refractivity contribution is 7.12. The molecule has 1 aromatic heterocycles. The molecule has 0 aliphatic carbocycles. The Morgan fingerprint density at radius 2 is 2.00 bits per heavy atom. The number of hydrogen-bond donors (Lipinski definition) is 0. The molecular formula is C14H10ClNOS. The standard InChI is InChI=1S/C14H10ClNOS/c1-17-12-7-8-18-14(12)13(15)11(9-16)10-5-3-2-4-6-10/h2-8H,1H3/b13-11+. The monoisotopic (exact) mass is 275 g/mol. The van der Waals surface area contributed by atoms with Crippen LogP contribution in [0, 0.1) is 11.3 Å². The molecule has 0 aliphatic heterocycles. The summed E-state index contributed by atoms with van der Waals surface area (Å²) in [4.78, 5) is 0.777. The number of allylic oxidation sites excluding steroid dienone is 1. The van der Waals surface area contributed by atoms with Crippen LogP contribution in [0.1, 0.15) is 10.4 Å². The SMILES string of the molecule is COc1ccsc1/C(Cl)=C(/C#N)c1ccccc1. The number of halogens is 1. The molecule has 0 unspecified atom stereocenters. The molecule has 4 heteroatoms. The van der Waals surface area contributed by atoms with Crippen LogP contribution < -0.4 is 4.74 Å². The summed E-state index contributed by atoms with van der Waals surface area (Å²) in [5.74, 6) is 0.689. The molecule has 0 saturated heterocycles. The number of ether oxygens (including phenoxy) is 1. The third kappa shape index (κ3) is 2.40. The smallest absolute Gasteiger partial charge is 0.138 e. The van der Waals surface area contributed by atoms with Crippen molar-refractivity contribution in [1.29, 1.82) is 5.26 Å². The van der Waals surface area contributed by atoms with Gasteiger partial charge in [-0.05, 0) is 17.0 Å². The molecule has 0 saturated carbocycles. The first-order chi connectivity index (χ1) is 8.77. The van der Waals surface area contributed by atoms with Crippen LogP contribution in [0.25, 0.3) is 10.6 Å². The van der Waals surface area contributed by atoms with Crippen molar-refractivity contribution in [2.75, 3.05) is 7.11 Å². The lowest BCUT2D eigenvalue weighted by Crippen LogP contribution is -1.87. The molecule has 90 valence electrons. The maximum Gasteiger partial charge on any atom is 0.138 e. The van der Waals surface area contributed by atoms with Gasteiger partial charge in [0.25, 0.3) is 0 Å². The van der Waals surface area contributed by atoms with Crippen molar-refractivity contribution in [3.8, 4) is 11.8 Å². The summed E-state index contributed by atoms with van der Waals surface area (Å²) < 4.78 is 5.22. The maximum absolute atomic E-state index is 9.28. The molecule has 0 bridgehead atoms. The van der Waals surface area contributed by atoms with Crippen LogP contribution in [-0.2, 0) is 0 Å². The second-order valence-corrected chi connectivity index (χ2v) is 4.78. The van der Waals surface area contributed by atoms with Crippen LogP contribution in [0.5, 0.6) is 5.75 Å². The molecule has 1 heterocycles. The van der Waals surface area contributed by atoms with Gasteiger partial charge < -0.3 is 4.74 Å². The quantitative estimate of drug-likeness (QED) is 0.779. The van der Waals surface area contributed by atoms with E-state index in [1.165, 1.54) is 11.3 Å². The Morgan fingerprint density at radius 1 is 1.28 bits per heavy atom. The van der Waals surface area contributed by atoms with Gasteiger partial charge in [-0.25, -0.2) is 0 Å². The van der Waals surface area contributed by atoms with E-state index in [0.717, 1.165) is 10.4 Å². The second-order valence-electron chi connectivity index (χ2n) is 3.48. The Balaban J connectivity index is 2.55. The number of hydrogen-bond acceptors (Lipinski definition) is 3. The van der Waals surface area contributed by atoms with E-state index in [4.69, 9.17) is 16.3 Å². The van der Waals surface area contributed by atoms with Gasteiger partial charge in [-0.3, -0.25) is 0 Å². The summed E-state index contributed by atoms with van der Waals surface area (Å²) >= 11 is 7.77. The molecule has 0 amide bonds. The first kappa shape index (κ1) is 12.7. The predicted octanol–water partition coefficient (Wildman–Crippen LogP) is 4.39. The van der Waals surface area contributed by atoms with Crippen molar-refractivity contribution in [3.05, 3.63) is 52.2 Å². The van der Waals surface area contributed by atoms with Gasteiger partial charge in [0, 0.05) is 0 Å². The summed E-state index contributed by atoms with van der Waals surface area (Å²) in [5.41, 5.74) is 1.26. The minimum atomic E-state index is 0.426. The summed E-state index contributed by atoms with van der Waals surface area (Å²) in [5, 5.41) is 11.6. The number of thiophene rings is 1. The zero-order chi connectivity index (χ0) is 13.0. The molecule has 1 aromatic carbocycles. The van der Waals surface area contributed by atoms with E-state index in [1.807, 2.05) is 41.8 Å². The Hall–Kier alpha value is -1.76. The fraction of sp³-hybridized carbons (Fsp3) is 0.0714. The fourth-order valence-corrected chi connectivity index (χ4v) is 2.76. The van der Waals surface area contributed by atoms with E-state index in [9.17, 15) is 5.26 Å². The van der Waals surface area contributed by atoms with Gasteiger partial charge in [-0.15, -0.1) is 11.3 Å². The average molecular weight is 276 g/mol. The van der Waals surface area contributed by atoms with Crippen LogP contribution in [-0.4, -0.2) is 7.11 Å². The van der Waals surface area contributed by atoms with Gasteiger partial charge >= 0.3 is 0 Å². The van der Waals surface area contributed by atoms with Gasteiger partial charge in [-0.2, -0.15) is 5.26 Å². The largest absolute Gasteiger partial charge is 0.495 e. The summed E-state index contributed by atoms with van der Waals surface area (Å²) in [6, 6.07) is 13.4. The van der Waals surface area contributed by atoms with Crippen molar-refractivity contribution in [1.82, 2.24) is 0 Å². The Bertz CT molecular complexity index is 610. The lowest BCUT2D eigenvalue weighted by Gasteiger charge is -2.04. The lowest BCUT2D eigenvalue weighted by atomic mass is 10.1. The zero-order valence-corrected chi connectivity index (χ0v) is 11.3. The van der Waals surface area contributed by atoms with Crippen molar-refractivity contribution < 1.29 is 4.74 Å². The highest BCUT2D eigenvalue weighted by atomic mass is 35.5. The molecule has 18 heavy (non-hydrogen) atoms. The fourth-order valence-electron chi connectivity index (χ4n) is 1.58. The van der Waals surface area contributed by atoms with E-state index in [-0.39, 0.29) is 0 Å². The van der Waals surface area contributed by atoms with E-state index in [1.54, 1.807) is 7.11 Å². The molecule has 2 rings (SSSR count). The van der Waals surface area contributed by atoms with Crippen LogP contribution >= 0.6 is 22.9 Å². The highest BCUT2D eigenvalue weighted by Crippen LogP contribution is 2.38. The molecule has 0 atom stereocenters. The third-order valence-electron chi connectivity index (χ3n) is 2.44. The van der Waals surface area contributed by atoms with Gasteiger partial charge in [0.1, 0.15) is 11.8 Å². The van der Waals surface area contributed by atoms with Gasteiger partial charge in [0.2, 0.25) is 0 Å². The predicted molar refractivity (Wildman–Crippen MR) is 75.6 cm³/mol. The van der Waals surface area contributed by atoms with Crippen molar-refractivity contribution in [2.45, 2.75) is 0 Å². The molecule has 0 N–H and O–H groups in total.